The number of carbonyl (C=O) groups excluding carboxylic acids is 2. The number of nitrogens with one attached hydrogen (secondary N) is 1. The van der Waals surface area contributed by atoms with Gasteiger partial charge in [-0.25, -0.2) is 9.97 Å². The Balaban J connectivity index is 1.51. The zero-order valence-electron chi connectivity index (χ0n) is 15.3. The molecule has 1 aliphatic carbocycles. The number of rotatable bonds is 4. The quantitative estimate of drug-likeness (QED) is 0.769. The Hall–Kier alpha value is -3.22. The first kappa shape index (κ1) is 17.2. The van der Waals surface area contributed by atoms with E-state index in [4.69, 9.17) is 4.42 Å². The van der Waals surface area contributed by atoms with Gasteiger partial charge in [-0.2, -0.15) is 0 Å². The highest BCUT2D eigenvalue weighted by molar-refractivity contribution is 6.03. The smallest absolute Gasteiger partial charge is 0.287 e. The van der Waals surface area contributed by atoms with Crippen LogP contribution in [0.25, 0.3) is 5.82 Å². The molecule has 3 heterocycles. The Bertz CT molecular complexity index is 1030. The molecule has 1 aliphatic rings. The van der Waals surface area contributed by atoms with E-state index in [1.54, 1.807) is 19.3 Å². The SMILES string of the molecule is Cc1c(C(=O)NCc2ccnc(-n3ccnc3C)c2)oc2c1C(=O)CCC2. The molecule has 0 saturated heterocycles. The molecule has 1 N–H and O–H groups in total. The van der Waals surface area contributed by atoms with Crippen LogP contribution in [0, 0.1) is 13.8 Å². The van der Waals surface area contributed by atoms with E-state index >= 15 is 0 Å². The Kier molecular flexibility index (Phi) is 4.35. The number of hydrogen-bond acceptors (Lipinski definition) is 5. The molecular weight excluding hydrogens is 344 g/mol. The van der Waals surface area contributed by atoms with Crippen LogP contribution in [-0.4, -0.2) is 26.2 Å². The lowest BCUT2D eigenvalue weighted by Crippen LogP contribution is -2.23. The van der Waals surface area contributed by atoms with E-state index in [2.05, 4.69) is 15.3 Å². The van der Waals surface area contributed by atoms with Gasteiger partial charge in [0, 0.05) is 43.5 Å². The van der Waals surface area contributed by atoms with Gasteiger partial charge in [-0.1, -0.05) is 0 Å². The third-order valence-corrected chi connectivity index (χ3v) is 4.85. The number of aromatic nitrogens is 3. The molecule has 0 atom stereocenters. The van der Waals surface area contributed by atoms with E-state index in [0.717, 1.165) is 23.6 Å². The molecule has 0 saturated carbocycles. The molecule has 3 aromatic rings. The molecule has 4 rings (SSSR count). The van der Waals surface area contributed by atoms with Gasteiger partial charge in [0.15, 0.2) is 11.5 Å². The third-order valence-electron chi connectivity index (χ3n) is 4.85. The van der Waals surface area contributed by atoms with Gasteiger partial charge in [-0.3, -0.25) is 14.2 Å². The number of imidazole rings is 1. The molecule has 7 nitrogen and oxygen atoms in total. The van der Waals surface area contributed by atoms with Crippen LogP contribution >= 0.6 is 0 Å². The Morgan fingerprint density at radius 3 is 2.85 bits per heavy atom. The van der Waals surface area contributed by atoms with Gasteiger partial charge in [-0.05, 0) is 38.0 Å². The lowest BCUT2D eigenvalue weighted by molar-refractivity contribution is 0.0917. The fraction of sp³-hybridized carbons (Fsp3) is 0.300. The largest absolute Gasteiger partial charge is 0.455 e. The minimum Gasteiger partial charge on any atom is -0.455 e. The van der Waals surface area contributed by atoms with Crippen LogP contribution < -0.4 is 5.32 Å². The fourth-order valence-electron chi connectivity index (χ4n) is 3.45. The number of furan rings is 1. The summed E-state index contributed by atoms with van der Waals surface area (Å²) in [5.41, 5.74) is 2.14. The van der Waals surface area contributed by atoms with Crippen LogP contribution in [0.1, 0.15) is 56.5 Å². The molecule has 1 amide bonds. The monoisotopic (exact) mass is 364 g/mol. The van der Waals surface area contributed by atoms with Crippen LogP contribution in [0.4, 0.5) is 0 Å². The van der Waals surface area contributed by atoms with Crippen LogP contribution in [0.5, 0.6) is 0 Å². The van der Waals surface area contributed by atoms with Crippen molar-refractivity contribution >= 4 is 11.7 Å². The number of fused-ring (bicyclic) bond motifs is 1. The van der Waals surface area contributed by atoms with E-state index in [-0.39, 0.29) is 17.5 Å². The van der Waals surface area contributed by atoms with Crippen LogP contribution in [0.3, 0.4) is 0 Å². The predicted molar refractivity (Wildman–Crippen MR) is 98.0 cm³/mol. The van der Waals surface area contributed by atoms with Gasteiger partial charge in [-0.15, -0.1) is 0 Å². The standard InChI is InChI=1S/C20H20N4O3/c1-12-18-15(25)4-3-5-16(18)27-19(12)20(26)23-11-14-6-7-22-17(10-14)24-9-8-21-13(24)2/h6-10H,3-5,11H2,1-2H3,(H,23,26). The molecule has 27 heavy (non-hydrogen) atoms. The van der Waals surface area contributed by atoms with Crippen molar-refractivity contribution in [3.05, 3.63) is 64.8 Å². The Morgan fingerprint density at radius 1 is 1.26 bits per heavy atom. The summed E-state index contributed by atoms with van der Waals surface area (Å²) in [6, 6.07) is 3.75. The first-order valence-electron chi connectivity index (χ1n) is 8.93. The van der Waals surface area contributed by atoms with Gasteiger partial charge < -0.3 is 9.73 Å². The number of carbonyl (C=O) groups is 2. The Morgan fingerprint density at radius 2 is 2.11 bits per heavy atom. The molecule has 0 radical (unpaired) electrons. The summed E-state index contributed by atoms with van der Waals surface area (Å²) < 4.78 is 7.57. The molecule has 0 bridgehead atoms. The number of ketones is 1. The molecule has 0 unspecified atom stereocenters. The number of pyridine rings is 1. The topological polar surface area (TPSA) is 90.0 Å². The van der Waals surface area contributed by atoms with Crippen molar-refractivity contribution in [1.29, 1.82) is 0 Å². The molecule has 0 aliphatic heterocycles. The summed E-state index contributed by atoms with van der Waals surface area (Å²) in [5, 5.41) is 2.87. The van der Waals surface area contributed by atoms with Gasteiger partial charge in [0.1, 0.15) is 17.4 Å². The average molecular weight is 364 g/mol. The highest BCUT2D eigenvalue weighted by atomic mass is 16.4. The summed E-state index contributed by atoms with van der Waals surface area (Å²) in [5.74, 6) is 2.20. The number of aryl methyl sites for hydroxylation is 2. The molecule has 0 fully saturated rings. The van der Waals surface area contributed by atoms with Crippen molar-refractivity contribution in [1.82, 2.24) is 19.9 Å². The average Bonchev–Trinajstić information content (AvgIpc) is 3.24. The van der Waals surface area contributed by atoms with E-state index in [9.17, 15) is 9.59 Å². The zero-order valence-corrected chi connectivity index (χ0v) is 15.3. The zero-order chi connectivity index (χ0) is 19.0. The normalized spacial score (nSPS) is 13.5. The van der Waals surface area contributed by atoms with Crippen LogP contribution in [0.15, 0.2) is 35.1 Å². The molecule has 138 valence electrons. The van der Waals surface area contributed by atoms with Crippen molar-refractivity contribution in [2.24, 2.45) is 0 Å². The molecule has 0 aromatic carbocycles. The first-order valence-corrected chi connectivity index (χ1v) is 8.93. The van der Waals surface area contributed by atoms with E-state index < -0.39 is 0 Å². The Labute approximate surface area is 156 Å². The number of amides is 1. The summed E-state index contributed by atoms with van der Waals surface area (Å²) in [4.78, 5) is 33.2. The highest BCUT2D eigenvalue weighted by Crippen LogP contribution is 2.29. The third kappa shape index (κ3) is 3.16. The van der Waals surface area contributed by atoms with Crippen molar-refractivity contribution in [3.8, 4) is 5.82 Å². The summed E-state index contributed by atoms with van der Waals surface area (Å²) in [6.07, 6.45) is 7.25. The van der Waals surface area contributed by atoms with E-state index in [0.29, 0.717) is 36.3 Å². The van der Waals surface area contributed by atoms with Crippen molar-refractivity contribution in [3.63, 3.8) is 0 Å². The lowest BCUT2D eigenvalue weighted by Gasteiger charge is -2.08. The van der Waals surface area contributed by atoms with Crippen molar-refractivity contribution < 1.29 is 14.0 Å². The van der Waals surface area contributed by atoms with Gasteiger partial charge >= 0.3 is 0 Å². The fourth-order valence-corrected chi connectivity index (χ4v) is 3.45. The van der Waals surface area contributed by atoms with E-state index in [1.807, 2.05) is 29.8 Å². The molecular formula is C20H20N4O3. The summed E-state index contributed by atoms with van der Waals surface area (Å²) >= 11 is 0. The van der Waals surface area contributed by atoms with Gasteiger partial charge in [0.2, 0.25) is 0 Å². The number of Topliss-reactive ketones (excluding diaryl/α,β-unsaturated/α-hetero) is 1. The summed E-state index contributed by atoms with van der Waals surface area (Å²) in [7, 11) is 0. The number of nitrogens with zero attached hydrogens (tertiary/aromatic N) is 3. The van der Waals surface area contributed by atoms with Crippen LogP contribution in [-0.2, 0) is 13.0 Å². The molecule has 0 spiro atoms. The highest BCUT2D eigenvalue weighted by Gasteiger charge is 2.28. The predicted octanol–water partition coefficient (Wildman–Crippen LogP) is 2.93. The maximum absolute atomic E-state index is 12.6. The maximum Gasteiger partial charge on any atom is 0.287 e. The van der Waals surface area contributed by atoms with E-state index in [1.165, 1.54) is 0 Å². The second-order valence-corrected chi connectivity index (χ2v) is 6.68. The minimum atomic E-state index is -0.313. The van der Waals surface area contributed by atoms with Gasteiger partial charge in [0.25, 0.3) is 5.91 Å². The summed E-state index contributed by atoms with van der Waals surface area (Å²) in [6.45, 7) is 4.01. The van der Waals surface area contributed by atoms with Crippen molar-refractivity contribution in [2.45, 2.75) is 39.7 Å². The number of hydrogen-bond donors (Lipinski definition) is 1. The van der Waals surface area contributed by atoms with Gasteiger partial charge in [0.05, 0.1) is 5.56 Å². The molecule has 3 aromatic heterocycles. The lowest BCUT2D eigenvalue weighted by atomic mass is 9.94. The second-order valence-electron chi connectivity index (χ2n) is 6.68. The maximum atomic E-state index is 12.6. The van der Waals surface area contributed by atoms with Crippen molar-refractivity contribution in [2.75, 3.05) is 0 Å². The minimum absolute atomic E-state index is 0.0611. The first-order chi connectivity index (χ1) is 13.0. The van der Waals surface area contributed by atoms with Crippen LogP contribution in [0.2, 0.25) is 0 Å². The molecule has 7 heteroatoms. The second kappa shape index (κ2) is 6.83.